The molecule has 2 atom stereocenters. The molecular formula is C24H34N6O. The average Bonchev–Trinajstić information content (AvgIpc) is 3.41. The number of amides is 1. The van der Waals surface area contributed by atoms with Gasteiger partial charge < -0.3 is 4.90 Å². The van der Waals surface area contributed by atoms with E-state index in [9.17, 15) is 4.79 Å². The van der Waals surface area contributed by atoms with Crippen LogP contribution >= 0.6 is 0 Å². The van der Waals surface area contributed by atoms with Crippen LogP contribution in [-0.4, -0.2) is 57.7 Å². The monoisotopic (exact) mass is 422 g/mol. The van der Waals surface area contributed by atoms with Gasteiger partial charge in [-0.2, -0.15) is 5.10 Å². The maximum atomic E-state index is 13.4. The number of hydrogen-bond acceptors (Lipinski definition) is 5. The van der Waals surface area contributed by atoms with Gasteiger partial charge in [0.25, 0.3) is 0 Å². The van der Waals surface area contributed by atoms with Crippen LogP contribution in [0, 0.1) is 18.8 Å². The third-order valence-corrected chi connectivity index (χ3v) is 7.65. The number of piperidine rings is 1. The first-order valence-electron chi connectivity index (χ1n) is 11.6. The predicted molar refractivity (Wildman–Crippen MR) is 120 cm³/mol. The van der Waals surface area contributed by atoms with Crippen LogP contribution in [0.25, 0.3) is 0 Å². The number of hydrogen-bond donors (Lipinski definition) is 2. The van der Waals surface area contributed by atoms with Crippen molar-refractivity contribution in [2.75, 3.05) is 26.2 Å². The minimum atomic E-state index is 0.0300. The van der Waals surface area contributed by atoms with E-state index < -0.39 is 0 Å². The first kappa shape index (κ1) is 20.7. The molecule has 3 aliphatic heterocycles. The molecule has 7 nitrogen and oxygen atoms in total. The Labute approximate surface area is 184 Å². The molecule has 0 aliphatic carbocycles. The number of aromatic nitrogens is 2. The Kier molecular flexibility index (Phi) is 5.82. The fourth-order valence-electron chi connectivity index (χ4n) is 5.53. The van der Waals surface area contributed by atoms with Crippen LogP contribution < -0.4 is 10.9 Å². The summed E-state index contributed by atoms with van der Waals surface area (Å²) in [4.78, 5) is 18.0. The highest BCUT2D eigenvalue weighted by atomic mass is 16.2. The van der Waals surface area contributed by atoms with E-state index in [4.69, 9.17) is 0 Å². The van der Waals surface area contributed by atoms with Gasteiger partial charge in [-0.25, -0.2) is 0 Å². The zero-order valence-corrected chi connectivity index (χ0v) is 18.7. The molecule has 1 aromatic carbocycles. The standard InChI is InChI=1S/C24H34N6O/c1-17-21(13-26-28(17)2)15-29-10-7-19(8-11-29)23-22(14-25-27-23)24(31)30-12-9-18-5-3-4-6-20(18)16-30/h3-6,13,19,22-23,25,27H,7-12,14-16H2,1-2H3. The van der Waals surface area contributed by atoms with Crippen molar-refractivity contribution in [3.63, 3.8) is 0 Å². The van der Waals surface area contributed by atoms with Crippen molar-refractivity contribution >= 4 is 5.91 Å². The summed E-state index contributed by atoms with van der Waals surface area (Å²) in [6.07, 6.45) is 5.22. The number of fused-ring (bicyclic) bond motifs is 1. The number of aryl methyl sites for hydroxylation is 1. The van der Waals surface area contributed by atoms with Crippen molar-refractivity contribution in [3.05, 3.63) is 52.8 Å². The van der Waals surface area contributed by atoms with Crippen LogP contribution in [0.1, 0.15) is 35.2 Å². The Hall–Kier alpha value is -2.22. The molecule has 2 N–H and O–H groups in total. The molecule has 5 rings (SSSR count). The molecule has 0 spiro atoms. The minimum Gasteiger partial charge on any atom is -0.338 e. The molecule has 0 radical (unpaired) electrons. The summed E-state index contributed by atoms with van der Waals surface area (Å²) < 4.78 is 1.95. The molecule has 2 saturated heterocycles. The Balaban J connectivity index is 1.18. The zero-order chi connectivity index (χ0) is 21.4. The minimum absolute atomic E-state index is 0.0300. The summed E-state index contributed by atoms with van der Waals surface area (Å²) >= 11 is 0. The lowest BCUT2D eigenvalue weighted by Crippen LogP contribution is -2.49. The van der Waals surface area contributed by atoms with Gasteiger partial charge in [-0.1, -0.05) is 24.3 Å². The lowest BCUT2D eigenvalue weighted by molar-refractivity contribution is -0.137. The van der Waals surface area contributed by atoms with E-state index >= 15 is 0 Å². The number of benzene rings is 1. The molecule has 2 aromatic rings. The smallest absolute Gasteiger partial charge is 0.228 e. The van der Waals surface area contributed by atoms with Gasteiger partial charge in [-0.15, -0.1) is 0 Å². The summed E-state index contributed by atoms with van der Waals surface area (Å²) in [6, 6.07) is 8.76. The average molecular weight is 423 g/mol. The van der Waals surface area contributed by atoms with E-state index in [2.05, 4.69) is 56.9 Å². The number of nitrogens with one attached hydrogen (secondary N) is 2. The first-order chi connectivity index (χ1) is 15.1. The van der Waals surface area contributed by atoms with Gasteiger partial charge in [-0.05, 0) is 56.3 Å². The van der Waals surface area contributed by atoms with E-state index in [0.717, 1.165) is 58.5 Å². The number of carbonyl (C=O) groups excluding carboxylic acids is 1. The summed E-state index contributed by atoms with van der Waals surface area (Å²) in [5, 5.41) is 4.38. The Morgan fingerprint density at radius 3 is 2.68 bits per heavy atom. The maximum absolute atomic E-state index is 13.4. The Morgan fingerprint density at radius 2 is 1.94 bits per heavy atom. The van der Waals surface area contributed by atoms with Gasteiger partial charge in [0, 0.05) is 50.5 Å². The number of likely N-dealkylation sites (tertiary alicyclic amines) is 1. The van der Waals surface area contributed by atoms with Crippen molar-refractivity contribution < 1.29 is 4.79 Å². The van der Waals surface area contributed by atoms with Crippen molar-refractivity contribution in [1.82, 2.24) is 30.4 Å². The van der Waals surface area contributed by atoms with E-state index in [0.29, 0.717) is 11.8 Å². The third kappa shape index (κ3) is 4.14. The van der Waals surface area contributed by atoms with Crippen molar-refractivity contribution in [1.29, 1.82) is 0 Å². The number of carbonyl (C=O) groups is 1. The second-order valence-electron chi connectivity index (χ2n) is 9.43. The van der Waals surface area contributed by atoms with Gasteiger partial charge in [0.1, 0.15) is 0 Å². The van der Waals surface area contributed by atoms with E-state index in [1.807, 2.05) is 17.9 Å². The quantitative estimate of drug-likeness (QED) is 0.784. The SMILES string of the molecule is Cc1c(CN2CCC(C3NNCC3C(=O)N3CCc4ccccc4C3)CC2)cnn1C. The number of rotatable bonds is 4. The number of nitrogens with zero attached hydrogens (tertiary/aromatic N) is 4. The lowest BCUT2D eigenvalue weighted by Gasteiger charge is -2.37. The molecular weight excluding hydrogens is 388 g/mol. The molecule has 1 amide bonds. The van der Waals surface area contributed by atoms with Crippen LogP contribution in [0.2, 0.25) is 0 Å². The predicted octanol–water partition coefficient (Wildman–Crippen LogP) is 1.62. The largest absolute Gasteiger partial charge is 0.338 e. The third-order valence-electron chi connectivity index (χ3n) is 7.65. The van der Waals surface area contributed by atoms with Crippen LogP contribution in [0.15, 0.2) is 30.5 Å². The highest BCUT2D eigenvalue weighted by molar-refractivity contribution is 5.80. The van der Waals surface area contributed by atoms with Crippen molar-refractivity contribution in [2.45, 2.75) is 45.3 Å². The summed E-state index contributed by atoms with van der Waals surface area (Å²) in [7, 11) is 2.00. The van der Waals surface area contributed by atoms with Gasteiger partial charge in [-0.3, -0.25) is 25.2 Å². The van der Waals surface area contributed by atoms with Crippen molar-refractivity contribution in [2.24, 2.45) is 18.9 Å². The summed E-state index contributed by atoms with van der Waals surface area (Å²) in [5.41, 5.74) is 12.0. The van der Waals surface area contributed by atoms with E-state index in [1.165, 1.54) is 22.4 Å². The fraction of sp³-hybridized carbons (Fsp3) is 0.583. The molecule has 2 fully saturated rings. The normalized spacial score (nSPS) is 25.0. The first-order valence-corrected chi connectivity index (χ1v) is 11.6. The van der Waals surface area contributed by atoms with Gasteiger partial charge >= 0.3 is 0 Å². The van der Waals surface area contributed by atoms with Crippen LogP contribution in [0.5, 0.6) is 0 Å². The van der Waals surface area contributed by atoms with Crippen LogP contribution in [-0.2, 0) is 31.4 Å². The maximum Gasteiger partial charge on any atom is 0.228 e. The molecule has 4 heterocycles. The molecule has 0 bridgehead atoms. The zero-order valence-electron chi connectivity index (χ0n) is 18.7. The topological polar surface area (TPSA) is 65.4 Å². The van der Waals surface area contributed by atoms with Gasteiger partial charge in [0.2, 0.25) is 5.91 Å². The molecule has 2 unspecified atom stereocenters. The number of hydrazine groups is 1. The summed E-state index contributed by atoms with van der Waals surface area (Å²) in [6.45, 7) is 7.58. The van der Waals surface area contributed by atoms with E-state index in [-0.39, 0.29) is 12.0 Å². The van der Waals surface area contributed by atoms with Crippen molar-refractivity contribution in [3.8, 4) is 0 Å². The highest BCUT2D eigenvalue weighted by Crippen LogP contribution is 2.30. The molecule has 7 heteroatoms. The molecule has 31 heavy (non-hydrogen) atoms. The Bertz CT molecular complexity index is 932. The van der Waals surface area contributed by atoms with Crippen LogP contribution in [0.3, 0.4) is 0 Å². The Morgan fingerprint density at radius 1 is 1.16 bits per heavy atom. The second-order valence-corrected chi connectivity index (χ2v) is 9.43. The van der Waals surface area contributed by atoms with E-state index in [1.54, 1.807) is 0 Å². The van der Waals surface area contributed by atoms with Gasteiger partial charge in [0.15, 0.2) is 0 Å². The molecule has 166 valence electrons. The lowest BCUT2D eigenvalue weighted by atomic mass is 9.82. The molecule has 1 aromatic heterocycles. The highest BCUT2D eigenvalue weighted by Gasteiger charge is 2.41. The summed E-state index contributed by atoms with van der Waals surface area (Å²) in [5.74, 6) is 0.875. The second kappa shape index (κ2) is 8.73. The molecule has 0 saturated carbocycles. The fourth-order valence-corrected chi connectivity index (χ4v) is 5.53. The molecule has 3 aliphatic rings. The van der Waals surface area contributed by atoms with Crippen LogP contribution in [0.4, 0.5) is 0 Å². The van der Waals surface area contributed by atoms with Gasteiger partial charge in [0.05, 0.1) is 12.1 Å².